The lowest BCUT2D eigenvalue weighted by molar-refractivity contribution is 0.558. The average molecular weight is 320 g/mol. The molecule has 0 aliphatic rings. The van der Waals surface area contributed by atoms with Crippen molar-refractivity contribution in [3.8, 4) is 0 Å². The van der Waals surface area contributed by atoms with E-state index in [1.807, 2.05) is 0 Å². The second-order valence-electron chi connectivity index (χ2n) is 7.22. The summed E-state index contributed by atoms with van der Waals surface area (Å²) in [7, 11) is 0. The molecule has 0 saturated heterocycles. The zero-order valence-electron chi connectivity index (χ0n) is 12.6. The molecule has 1 aromatic carbocycles. The van der Waals surface area contributed by atoms with Crippen molar-refractivity contribution in [1.29, 1.82) is 0 Å². The smallest absolute Gasteiger partial charge is 0.0719 e. The quantitative estimate of drug-likeness (QED) is 0.616. The Bertz CT molecular complexity index is 615. The van der Waals surface area contributed by atoms with E-state index < -0.39 is 0 Å². The summed E-state index contributed by atoms with van der Waals surface area (Å²) >= 11 is 3.54. The topological polar surface area (TPSA) is 12.9 Å². The summed E-state index contributed by atoms with van der Waals surface area (Å²) in [5.41, 5.74) is 3.79. The molecule has 0 saturated carbocycles. The third-order valence-electron chi connectivity index (χ3n) is 3.35. The SMILES string of the molecule is CC(C)(C)c1cc(C(C)(C)C)c2ccc(Br)cc2n1. The number of hydrogen-bond donors (Lipinski definition) is 0. The number of rotatable bonds is 0. The molecule has 0 radical (unpaired) electrons. The number of halogens is 1. The fourth-order valence-corrected chi connectivity index (χ4v) is 2.56. The first-order chi connectivity index (χ1) is 8.59. The molecule has 19 heavy (non-hydrogen) atoms. The molecular weight excluding hydrogens is 298 g/mol. The van der Waals surface area contributed by atoms with Gasteiger partial charge in [0.1, 0.15) is 0 Å². The van der Waals surface area contributed by atoms with Gasteiger partial charge in [-0.2, -0.15) is 0 Å². The van der Waals surface area contributed by atoms with Crippen molar-refractivity contribution in [2.45, 2.75) is 52.4 Å². The molecule has 0 fully saturated rings. The summed E-state index contributed by atoms with van der Waals surface area (Å²) in [4.78, 5) is 4.85. The Morgan fingerprint density at radius 1 is 0.895 bits per heavy atom. The van der Waals surface area contributed by atoms with Gasteiger partial charge in [-0.05, 0) is 29.2 Å². The lowest BCUT2D eigenvalue weighted by Crippen LogP contribution is -2.18. The van der Waals surface area contributed by atoms with E-state index in [0.29, 0.717) is 0 Å². The molecule has 1 nitrogen and oxygen atoms in total. The van der Waals surface area contributed by atoms with Gasteiger partial charge in [0.05, 0.1) is 5.52 Å². The van der Waals surface area contributed by atoms with Gasteiger partial charge >= 0.3 is 0 Å². The third kappa shape index (κ3) is 3.00. The normalized spacial score (nSPS) is 13.0. The molecule has 1 heterocycles. The van der Waals surface area contributed by atoms with Gasteiger partial charge in [-0.3, -0.25) is 4.98 Å². The van der Waals surface area contributed by atoms with E-state index in [4.69, 9.17) is 4.98 Å². The highest BCUT2D eigenvalue weighted by atomic mass is 79.9. The van der Waals surface area contributed by atoms with Crippen LogP contribution in [0.25, 0.3) is 10.9 Å². The Balaban J connectivity index is 2.84. The lowest BCUT2D eigenvalue weighted by Gasteiger charge is -2.26. The minimum Gasteiger partial charge on any atom is -0.252 e. The Morgan fingerprint density at radius 2 is 1.53 bits per heavy atom. The van der Waals surface area contributed by atoms with Crippen LogP contribution in [0.3, 0.4) is 0 Å². The number of aromatic nitrogens is 1. The summed E-state index contributed by atoms with van der Waals surface area (Å²) in [5.74, 6) is 0. The zero-order chi connectivity index (χ0) is 14.4. The van der Waals surface area contributed by atoms with Crippen LogP contribution in [0, 0.1) is 0 Å². The minimum absolute atomic E-state index is 0.0660. The van der Waals surface area contributed by atoms with E-state index in [0.717, 1.165) is 15.7 Å². The van der Waals surface area contributed by atoms with Crippen LogP contribution in [-0.2, 0) is 10.8 Å². The van der Waals surface area contributed by atoms with Crippen molar-refractivity contribution in [2.75, 3.05) is 0 Å². The second-order valence-corrected chi connectivity index (χ2v) is 8.13. The number of fused-ring (bicyclic) bond motifs is 1. The van der Waals surface area contributed by atoms with Gasteiger partial charge in [0, 0.05) is 21.0 Å². The number of benzene rings is 1. The van der Waals surface area contributed by atoms with Crippen molar-refractivity contribution in [2.24, 2.45) is 0 Å². The summed E-state index contributed by atoms with van der Waals surface area (Å²) < 4.78 is 1.08. The molecule has 102 valence electrons. The van der Waals surface area contributed by atoms with Gasteiger partial charge in [0.15, 0.2) is 0 Å². The standard InChI is InChI=1S/C17H22BrN/c1-16(2,3)13-10-15(17(4,5)6)19-14-9-11(18)7-8-12(13)14/h7-10H,1-6H3. The second kappa shape index (κ2) is 4.59. The van der Waals surface area contributed by atoms with Crippen LogP contribution >= 0.6 is 15.9 Å². The molecular formula is C17H22BrN. The first-order valence-corrected chi connectivity index (χ1v) is 7.49. The Kier molecular flexibility index (Phi) is 3.51. The third-order valence-corrected chi connectivity index (χ3v) is 3.84. The van der Waals surface area contributed by atoms with Crippen LogP contribution in [0.1, 0.15) is 52.8 Å². The van der Waals surface area contributed by atoms with E-state index in [-0.39, 0.29) is 10.8 Å². The van der Waals surface area contributed by atoms with Gasteiger partial charge in [-0.15, -0.1) is 0 Å². The molecule has 0 unspecified atom stereocenters. The molecule has 0 amide bonds. The summed E-state index contributed by atoms with van der Waals surface area (Å²) in [6, 6.07) is 8.64. The van der Waals surface area contributed by atoms with Crippen molar-refractivity contribution >= 4 is 26.8 Å². The molecule has 0 spiro atoms. The largest absolute Gasteiger partial charge is 0.252 e. The van der Waals surface area contributed by atoms with Gasteiger partial charge < -0.3 is 0 Å². The minimum atomic E-state index is 0.0660. The van der Waals surface area contributed by atoms with Crippen LogP contribution in [-0.4, -0.2) is 4.98 Å². The molecule has 0 atom stereocenters. The fraction of sp³-hybridized carbons (Fsp3) is 0.471. The molecule has 2 aromatic rings. The van der Waals surface area contributed by atoms with Crippen molar-refractivity contribution in [3.05, 3.63) is 40.0 Å². The summed E-state index contributed by atoms with van der Waals surface area (Å²) in [5, 5.41) is 1.25. The Hall–Kier alpha value is -0.890. The maximum atomic E-state index is 4.85. The van der Waals surface area contributed by atoms with Crippen LogP contribution in [0.15, 0.2) is 28.7 Å². The van der Waals surface area contributed by atoms with E-state index in [2.05, 4.69) is 81.7 Å². The first-order valence-electron chi connectivity index (χ1n) is 6.70. The van der Waals surface area contributed by atoms with Gasteiger partial charge in [-0.1, -0.05) is 63.5 Å². The van der Waals surface area contributed by atoms with Gasteiger partial charge in [0.25, 0.3) is 0 Å². The van der Waals surface area contributed by atoms with E-state index in [9.17, 15) is 0 Å². The predicted octanol–water partition coefficient (Wildman–Crippen LogP) is 5.59. The fourth-order valence-electron chi connectivity index (χ4n) is 2.21. The van der Waals surface area contributed by atoms with Gasteiger partial charge in [0.2, 0.25) is 0 Å². The van der Waals surface area contributed by atoms with E-state index in [1.54, 1.807) is 0 Å². The Labute approximate surface area is 124 Å². The van der Waals surface area contributed by atoms with Crippen molar-refractivity contribution in [1.82, 2.24) is 4.98 Å². The molecule has 1 aromatic heterocycles. The summed E-state index contributed by atoms with van der Waals surface area (Å²) in [6.45, 7) is 13.4. The van der Waals surface area contributed by atoms with Crippen molar-refractivity contribution < 1.29 is 0 Å². The first kappa shape index (κ1) is 14.5. The zero-order valence-corrected chi connectivity index (χ0v) is 14.2. The van der Waals surface area contributed by atoms with Crippen LogP contribution < -0.4 is 0 Å². The number of pyridine rings is 1. The van der Waals surface area contributed by atoms with Gasteiger partial charge in [-0.25, -0.2) is 0 Å². The number of hydrogen-bond acceptors (Lipinski definition) is 1. The number of nitrogens with zero attached hydrogens (tertiary/aromatic N) is 1. The average Bonchev–Trinajstić information content (AvgIpc) is 2.24. The van der Waals surface area contributed by atoms with E-state index in [1.165, 1.54) is 10.9 Å². The predicted molar refractivity (Wildman–Crippen MR) is 86.8 cm³/mol. The molecule has 2 heteroatoms. The molecule has 0 aliphatic heterocycles. The monoisotopic (exact) mass is 319 g/mol. The highest BCUT2D eigenvalue weighted by Crippen LogP contribution is 2.34. The Morgan fingerprint density at radius 3 is 2.05 bits per heavy atom. The maximum Gasteiger partial charge on any atom is 0.0719 e. The highest BCUT2D eigenvalue weighted by molar-refractivity contribution is 9.10. The van der Waals surface area contributed by atoms with Crippen LogP contribution in [0.2, 0.25) is 0 Å². The van der Waals surface area contributed by atoms with Crippen LogP contribution in [0.4, 0.5) is 0 Å². The van der Waals surface area contributed by atoms with E-state index >= 15 is 0 Å². The molecule has 2 rings (SSSR count). The highest BCUT2D eigenvalue weighted by Gasteiger charge is 2.23. The van der Waals surface area contributed by atoms with Crippen molar-refractivity contribution in [3.63, 3.8) is 0 Å². The van der Waals surface area contributed by atoms with Crippen LogP contribution in [0.5, 0.6) is 0 Å². The maximum absolute atomic E-state index is 4.85. The summed E-state index contributed by atoms with van der Waals surface area (Å²) in [6.07, 6.45) is 0. The molecule has 0 N–H and O–H groups in total. The molecule has 0 aliphatic carbocycles. The lowest BCUT2D eigenvalue weighted by atomic mass is 9.81. The molecule has 0 bridgehead atoms.